The fraction of sp³-hybridized carbons (Fsp3) is 0.467. The number of benzene rings is 2. The zero-order chi connectivity index (χ0) is 30.2. The highest BCUT2D eigenvalue weighted by Gasteiger charge is 2.52. The second kappa shape index (κ2) is 11.9. The average Bonchev–Trinajstić information content (AvgIpc) is 3.65. The molecule has 0 aromatic heterocycles. The van der Waals surface area contributed by atoms with Crippen LogP contribution in [0.15, 0.2) is 48.0 Å². The van der Waals surface area contributed by atoms with Gasteiger partial charge in [-0.25, -0.2) is 0 Å². The molecule has 0 spiro atoms. The minimum Gasteiger partial charge on any atom is -0.493 e. The number of fused-ring (bicyclic) bond motifs is 3. The first-order valence-corrected chi connectivity index (χ1v) is 13.9. The molecule has 226 valence electrons. The highest BCUT2D eigenvalue weighted by atomic mass is 19.4. The van der Waals surface area contributed by atoms with Crippen LogP contribution in [0.4, 0.5) is 13.2 Å². The summed E-state index contributed by atoms with van der Waals surface area (Å²) in [5, 5.41) is 33.6. The monoisotopic (exact) mass is 590 g/mol. The van der Waals surface area contributed by atoms with Crippen LogP contribution in [0.1, 0.15) is 58.6 Å². The number of nitrogens with one attached hydrogen (secondary N) is 1. The van der Waals surface area contributed by atoms with Crippen LogP contribution in [0.2, 0.25) is 0 Å². The summed E-state index contributed by atoms with van der Waals surface area (Å²) in [6.07, 6.45) is -2.48. The van der Waals surface area contributed by atoms with Crippen LogP contribution in [0.25, 0.3) is 0 Å². The lowest BCUT2D eigenvalue weighted by Gasteiger charge is -2.43. The van der Waals surface area contributed by atoms with Crippen LogP contribution in [-0.2, 0) is 17.6 Å². The van der Waals surface area contributed by atoms with Gasteiger partial charge in [0.25, 0.3) is 5.91 Å². The number of ether oxygens (including phenoxy) is 2. The molecule has 0 unspecified atom stereocenters. The normalized spacial score (nSPS) is 23.5. The number of nitrogens with zero attached hydrogens (tertiary/aromatic N) is 1. The number of methoxy groups -OCH3 is 1. The Labute approximate surface area is 240 Å². The molecule has 0 bridgehead atoms. The molecule has 1 fully saturated rings. The molecule has 3 aliphatic rings. The van der Waals surface area contributed by atoms with Crippen molar-refractivity contribution in [1.29, 1.82) is 0 Å². The SMILES string of the molecule is COc1cc(CO)cc2c1O[C@@H]1[C@@H](O)[C@H](N(C(=O)c3ccc(C(F)(F)F)cc3)C3CCCC3)C=C(C(=O)NCCO)[C@H]21. The van der Waals surface area contributed by atoms with Gasteiger partial charge in [-0.15, -0.1) is 0 Å². The summed E-state index contributed by atoms with van der Waals surface area (Å²) in [7, 11) is 1.43. The maximum atomic E-state index is 14.0. The first kappa shape index (κ1) is 29.9. The van der Waals surface area contributed by atoms with Crippen molar-refractivity contribution in [3.8, 4) is 11.5 Å². The molecule has 4 N–H and O–H groups in total. The van der Waals surface area contributed by atoms with Crippen LogP contribution < -0.4 is 14.8 Å². The Morgan fingerprint density at radius 2 is 1.81 bits per heavy atom. The molecule has 1 heterocycles. The number of carbonyl (C=O) groups is 2. The Hall–Kier alpha value is -3.61. The number of rotatable bonds is 8. The molecule has 42 heavy (non-hydrogen) atoms. The van der Waals surface area contributed by atoms with E-state index in [4.69, 9.17) is 9.47 Å². The van der Waals surface area contributed by atoms with Gasteiger partial charge in [0.1, 0.15) is 12.2 Å². The lowest BCUT2D eigenvalue weighted by molar-refractivity contribution is -0.137. The zero-order valence-corrected chi connectivity index (χ0v) is 22.9. The van der Waals surface area contributed by atoms with E-state index in [1.165, 1.54) is 18.1 Å². The Bertz CT molecular complexity index is 1360. The molecule has 2 aromatic carbocycles. The molecule has 1 saturated carbocycles. The third-order valence-electron chi connectivity index (χ3n) is 8.23. The highest BCUT2D eigenvalue weighted by Crippen LogP contribution is 2.52. The van der Waals surface area contributed by atoms with E-state index in [1.807, 2.05) is 0 Å². The van der Waals surface area contributed by atoms with E-state index in [1.54, 1.807) is 12.1 Å². The van der Waals surface area contributed by atoms with Crippen molar-refractivity contribution in [2.24, 2.45) is 0 Å². The van der Waals surface area contributed by atoms with Crippen LogP contribution in [0, 0.1) is 0 Å². The second-order valence-electron chi connectivity index (χ2n) is 10.7. The maximum Gasteiger partial charge on any atom is 0.416 e. The van der Waals surface area contributed by atoms with Gasteiger partial charge in [-0.05, 0) is 60.9 Å². The molecular weight excluding hydrogens is 557 g/mol. The van der Waals surface area contributed by atoms with E-state index in [0.717, 1.165) is 37.1 Å². The fourth-order valence-electron chi connectivity index (χ4n) is 6.27. The number of carbonyl (C=O) groups excluding carboxylic acids is 2. The Kier molecular flexibility index (Phi) is 8.49. The lowest BCUT2D eigenvalue weighted by atomic mass is 9.76. The quantitative estimate of drug-likeness (QED) is 0.372. The highest BCUT2D eigenvalue weighted by molar-refractivity contribution is 5.97. The van der Waals surface area contributed by atoms with Crippen molar-refractivity contribution in [2.45, 2.75) is 68.7 Å². The van der Waals surface area contributed by atoms with E-state index in [2.05, 4.69) is 5.32 Å². The Balaban J connectivity index is 1.60. The largest absolute Gasteiger partial charge is 0.493 e. The average molecular weight is 591 g/mol. The Morgan fingerprint density at radius 1 is 1.12 bits per heavy atom. The number of aliphatic hydroxyl groups excluding tert-OH is 3. The van der Waals surface area contributed by atoms with Gasteiger partial charge in [0.2, 0.25) is 5.91 Å². The van der Waals surface area contributed by atoms with Gasteiger partial charge in [-0.3, -0.25) is 9.59 Å². The van der Waals surface area contributed by atoms with Crippen LogP contribution in [0.5, 0.6) is 11.5 Å². The molecule has 2 aromatic rings. The van der Waals surface area contributed by atoms with Crippen molar-refractivity contribution < 1.29 is 47.6 Å². The summed E-state index contributed by atoms with van der Waals surface area (Å²) in [5.74, 6) is -1.28. The first-order chi connectivity index (χ1) is 20.1. The number of amides is 2. The van der Waals surface area contributed by atoms with E-state index in [-0.39, 0.29) is 36.9 Å². The van der Waals surface area contributed by atoms with Gasteiger partial charge < -0.3 is 35.0 Å². The van der Waals surface area contributed by atoms with Gasteiger partial charge in [-0.1, -0.05) is 12.8 Å². The third-order valence-corrected chi connectivity index (χ3v) is 8.23. The van der Waals surface area contributed by atoms with Gasteiger partial charge in [0, 0.05) is 29.3 Å². The molecule has 1 aliphatic heterocycles. The number of hydrogen-bond donors (Lipinski definition) is 4. The molecule has 4 atom stereocenters. The molecule has 2 amide bonds. The molecule has 0 radical (unpaired) electrons. The van der Waals surface area contributed by atoms with Crippen LogP contribution >= 0.6 is 0 Å². The number of hydrogen-bond acceptors (Lipinski definition) is 7. The standard InChI is InChI=1S/C30H33F3N2O7/c1-41-23-13-16(15-37)12-20-24-21(28(39)34-10-11-36)14-22(25(38)27(24)42-26(20)23)35(19-4-2-3-5-19)29(40)17-6-8-18(9-7-17)30(31,32)33/h6-9,12-14,19,22,24-25,27,36-38H,2-5,10-11,15H2,1H3,(H,34,39)/t22-,24+,25+,27+/m1/s1. The summed E-state index contributed by atoms with van der Waals surface area (Å²) in [6.45, 7) is -0.653. The second-order valence-corrected chi connectivity index (χ2v) is 10.7. The molecule has 9 nitrogen and oxygen atoms in total. The summed E-state index contributed by atoms with van der Waals surface area (Å²) in [6, 6.07) is 5.82. The smallest absolute Gasteiger partial charge is 0.416 e. The van der Waals surface area contributed by atoms with Crippen molar-refractivity contribution >= 4 is 11.8 Å². The van der Waals surface area contributed by atoms with Gasteiger partial charge in [0.05, 0.1) is 37.8 Å². The van der Waals surface area contributed by atoms with Crippen LogP contribution in [-0.4, -0.2) is 76.6 Å². The first-order valence-electron chi connectivity index (χ1n) is 13.9. The fourth-order valence-corrected chi connectivity index (χ4v) is 6.27. The molecule has 2 aliphatic carbocycles. The molecular formula is C30H33F3N2O7. The maximum absolute atomic E-state index is 14.0. The van der Waals surface area contributed by atoms with Crippen molar-refractivity contribution in [2.75, 3.05) is 20.3 Å². The zero-order valence-electron chi connectivity index (χ0n) is 22.9. The molecule has 5 rings (SSSR count). The molecule has 12 heteroatoms. The van der Waals surface area contributed by atoms with Crippen molar-refractivity contribution in [3.05, 3.63) is 70.3 Å². The lowest BCUT2D eigenvalue weighted by Crippen LogP contribution is -2.58. The predicted octanol–water partition coefficient (Wildman–Crippen LogP) is 2.91. The predicted molar refractivity (Wildman–Crippen MR) is 144 cm³/mol. The molecule has 0 saturated heterocycles. The Morgan fingerprint density at radius 3 is 2.40 bits per heavy atom. The van der Waals surface area contributed by atoms with Gasteiger partial charge >= 0.3 is 6.18 Å². The van der Waals surface area contributed by atoms with E-state index in [9.17, 15) is 38.1 Å². The third kappa shape index (κ3) is 5.46. The van der Waals surface area contributed by atoms with E-state index >= 15 is 0 Å². The number of halogens is 3. The topological polar surface area (TPSA) is 129 Å². The van der Waals surface area contributed by atoms with Gasteiger partial charge in [-0.2, -0.15) is 13.2 Å². The summed E-state index contributed by atoms with van der Waals surface area (Å²) in [5.41, 5.74) is 0.360. The summed E-state index contributed by atoms with van der Waals surface area (Å²) in [4.78, 5) is 28.9. The van der Waals surface area contributed by atoms with Crippen LogP contribution in [0.3, 0.4) is 0 Å². The minimum absolute atomic E-state index is 0.0220. The number of aliphatic hydroxyl groups is 3. The minimum atomic E-state index is -4.56. The summed E-state index contributed by atoms with van der Waals surface area (Å²) < 4.78 is 51.3. The number of alkyl halides is 3. The van der Waals surface area contributed by atoms with Crippen molar-refractivity contribution in [3.63, 3.8) is 0 Å². The van der Waals surface area contributed by atoms with Crippen molar-refractivity contribution in [1.82, 2.24) is 10.2 Å². The van der Waals surface area contributed by atoms with E-state index < -0.39 is 47.7 Å². The van der Waals surface area contributed by atoms with E-state index in [0.29, 0.717) is 35.5 Å². The summed E-state index contributed by atoms with van der Waals surface area (Å²) >= 11 is 0. The van der Waals surface area contributed by atoms with Gasteiger partial charge in [0.15, 0.2) is 11.5 Å².